The first-order valence-corrected chi connectivity index (χ1v) is 6.90. The van der Waals surface area contributed by atoms with Crippen LogP contribution in [-0.4, -0.2) is 17.1 Å². The van der Waals surface area contributed by atoms with Crippen molar-refractivity contribution in [2.75, 3.05) is 5.32 Å². The Bertz CT molecular complexity index is 638. The molecular formula is C16H16ClNO3. The van der Waals surface area contributed by atoms with Crippen LogP contribution in [0.5, 0.6) is 11.5 Å². The van der Waals surface area contributed by atoms with E-state index in [2.05, 4.69) is 5.32 Å². The summed E-state index contributed by atoms with van der Waals surface area (Å²) >= 11 is 5.74. The van der Waals surface area contributed by atoms with E-state index in [1.807, 2.05) is 13.8 Å². The molecule has 0 saturated carbocycles. The summed E-state index contributed by atoms with van der Waals surface area (Å²) in [6.07, 6.45) is 0.0939. The SMILES string of the molecule is CC(C)Oc1ccc(NC(=O)c2ccc(Cl)cc2O)cc1. The summed E-state index contributed by atoms with van der Waals surface area (Å²) in [4.78, 5) is 12.1. The number of rotatable bonds is 4. The average Bonchev–Trinajstić information content (AvgIpc) is 2.40. The second-order valence-corrected chi connectivity index (χ2v) is 5.24. The zero-order valence-corrected chi connectivity index (χ0v) is 12.5. The van der Waals surface area contributed by atoms with E-state index in [9.17, 15) is 9.90 Å². The Morgan fingerprint density at radius 2 is 1.86 bits per heavy atom. The molecule has 2 aromatic rings. The van der Waals surface area contributed by atoms with Gasteiger partial charge in [-0.05, 0) is 56.3 Å². The number of amides is 1. The van der Waals surface area contributed by atoms with Crippen LogP contribution in [0.3, 0.4) is 0 Å². The molecule has 2 aromatic carbocycles. The number of phenols is 1. The highest BCUT2D eigenvalue weighted by Crippen LogP contribution is 2.23. The number of aromatic hydroxyl groups is 1. The van der Waals surface area contributed by atoms with Crippen molar-refractivity contribution in [1.29, 1.82) is 0 Å². The number of hydrogen-bond donors (Lipinski definition) is 2. The van der Waals surface area contributed by atoms with Gasteiger partial charge in [-0.1, -0.05) is 11.6 Å². The van der Waals surface area contributed by atoms with Crippen LogP contribution in [0, 0.1) is 0 Å². The van der Waals surface area contributed by atoms with Gasteiger partial charge in [0.05, 0.1) is 11.7 Å². The van der Waals surface area contributed by atoms with Gasteiger partial charge in [-0.15, -0.1) is 0 Å². The number of halogens is 1. The maximum absolute atomic E-state index is 12.1. The first-order chi connectivity index (χ1) is 9.95. The van der Waals surface area contributed by atoms with Crippen LogP contribution in [0.15, 0.2) is 42.5 Å². The predicted octanol–water partition coefficient (Wildman–Crippen LogP) is 4.09. The quantitative estimate of drug-likeness (QED) is 0.894. The van der Waals surface area contributed by atoms with Crippen molar-refractivity contribution in [3.63, 3.8) is 0 Å². The summed E-state index contributed by atoms with van der Waals surface area (Å²) in [6, 6.07) is 11.4. The van der Waals surface area contributed by atoms with Crippen molar-refractivity contribution in [3.05, 3.63) is 53.1 Å². The van der Waals surface area contributed by atoms with E-state index in [0.717, 1.165) is 5.75 Å². The molecule has 0 aromatic heterocycles. The molecule has 0 bridgehead atoms. The molecular weight excluding hydrogens is 290 g/mol. The third-order valence-electron chi connectivity index (χ3n) is 2.69. The van der Waals surface area contributed by atoms with Crippen molar-refractivity contribution < 1.29 is 14.6 Å². The van der Waals surface area contributed by atoms with Gasteiger partial charge < -0.3 is 15.2 Å². The second-order valence-electron chi connectivity index (χ2n) is 4.81. The highest BCUT2D eigenvalue weighted by atomic mass is 35.5. The Balaban J connectivity index is 2.08. The van der Waals surface area contributed by atoms with E-state index in [1.165, 1.54) is 12.1 Å². The van der Waals surface area contributed by atoms with Gasteiger partial charge in [0.2, 0.25) is 0 Å². The van der Waals surface area contributed by atoms with Crippen LogP contribution in [0.4, 0.5) is 5.69 Å². The van der Waals surface area contributed by atoms with E-state index in [0.29, 0.717) is 10.7 Å². The lowest BCUT2D eigenvalue weighted by Crippen LogP contribution is -2.12. The number of phenolic OH excluding ortho intramolecular Hbond substituents is 1. The Labute approximate surface area is 128 Å². The van der Waals surface area contributed by atoms with Crippen molar-refractivity contribution in [3.8, 4) is 11.5 Å². The van der Waals surface area contributed by atoms with Gasteiger partial charge in [-0.25, -0.2) is 0 Å². The van der Waals surface area contributed by atoms with Gasteiger partial charge in [-0.2, -0.15) is 0 Å². The maximum Gasteiger partial charge on any atom is 0.259 e. The topological polar surface area (TPSA) is 58.6 Å². The molecule has 0 radical (unpaired) electrons. The van der Waals surface area contributed by atoms with Crippen LogP contribution in [0.2, 0.25) is 5.02 Å². The number of hydrogen-bond acceptors (Lipinski definition) is 3. The minimum absolute atomic E-state index is 0.0939. The number of nitrogens with one attached hydrogen (secondary N) is 1. The van der Waals surface area contributed by atoms with E-state index in [-0.39, 0.29) is 17.4 Å². The summed E-state index contributed by atoms with van der Waals surface area (Å²) in [5, 5.41) is 12.8. The van der Waals surface area contributed by atoms with Crippen LogP contribution < -0.4 is 10.1 Å². The molecule has 0 atom stereocenters. The highest BCUT2D eigenvalue weighted by molar-refractivity contribution is 6.30. The molecule has 4 nitrogen and oxygen atoms in total. The summed E-state index contributed by atoms with van der Waals surface area (Å²) in [5.74, 6) is 0.179. The van der Waals surface area contributed by atoms with Crippen molar-refractivity contribution in [1.82, 2.24) is 0 Å². The Morgan fingerprint density at radius 3 is 2.43 bits per heavy atom. The number of benzene rings is 2. The van der Waals surface area contributed by atoms with Gasteiger partial charge in [0.1, 0.15) is 11.5 Å². The van der Waals surface area contributed by atoms with Gasteiger partial charge in [0.25, 0.3) is 5.91 Å². The van der Waals surface area contributed by atoms with Crippen LogP contribution in [-0.2, 0) is 0 Å². The third kappa shape index (κ3) is 4.13. The number of anilines is 1. The molecule has 0 unspecified atom stereocenters. The lowest BCUT2D eigenvalue weighted by atomic mass is 10.2. The van der Waals surface area contributed by atoms with Crippen molar-refractivity contribution in [2.24, 2.45) is 0 Å². The fraction of sp³-hybridized carbons (Fsp3) is 0.188. The van der Waals surface area contributed by atoms with E-state index < -0.39 is 5.91 Å². The molecule has 2 rings (SSSR count). The predicted molar refractivity (Wildman–Crippen MR) is 83.3 cm³/mol. The summed E-state index contributed by atoms with van der Waals surface area (Å²) < 4.78 is 5.52. The molecule has 5 heteroatoms. The van der Waals surface area contributed by atoms with Gasteiger partial charge in [-0.3, -0.25) is 4.79 Å². The first-order valence-electron chi connectivity index (χ1n) is 6.52. The molecule has 0 aliphatic rings. The van der Waals surface area contributed by atoms with Crippen LogP contribution in [0.1, 0.15) is 24.2 Å². The monoisotopic (exact) mass is 305 g/mol. The van der Waals surface area contributed by atoms with Gasteiger partial charge in [0.15, 0.2) is 0 Å². The van der Waals surface area contributed by atoms with E-state index in [1.54, 1.807) is 30.3 Å². The summed E-state index contributed by atoms with van der Waals surface area (Å²) in [6.45, 7) is 3.89. The minimum Gasteiger partial charge on any atom is -0.507 e. The van der Waals surface area contributed by atoms with E-state index >= 15 is 0 Å². The minimum atomic E-state index is -0.401. The fourth-order valence-electron chi connectivity index (χ4n) is 1.78. The van der Waals surface area contributed by atoms with Crippen LogP contribution in [0.25, 0.3) is 0 Å². The lowest BCUT2D eigenvalue weighted by Gasteiger charge is -2.11. The van der Waals surface area contributed by atoms with Crippen molar-refractivity contribution in [2.45, 2.75) is 20.0 Å². The van der Waals surface area contributed by atoms with Crippen molar-refractivity contribution >= 4 is 23.2 Å². The number of ether oxygens (including phenoxy) is 1. The summed E-state index contributed by atoms with van der Waals surface area (Å²) in [5.41, 5.74) is 0.785. The molecule has 0 heterocycles. The Kier molecular flexibility index (Phi) is 4.70. The third-order valence-corrected chi connectivity index (χ3v) is 2.92. The molecule has 21 heavy (non-hydrogen) atoms. The smallest absolute Gasteiger partial charge is 0.259 e. The average molecular weight is 306 g/mol. The Hall–Kier alpha value is -2.20. The molecule has 0 fully saturated rings. The molecule has 0 aliphatic heterocycles. The lowest BCUT2D eigenvalue weighted by molar-refractivity contribution is 0.102. The summed E-state index contributed by atoms with van der Waals surface area (Å²) in [7, 11) is 0. The molecule has 0 saturated heterocycles. The molecule has 1 amide bonds. The number of carbonyl (C=O) groups excluding carboxylic acids is 1. The van der Waals surface area contributed by atoms with Gasteiger partial charge in [0, 0.05) is 10.7 Å². The zero-order chi connectivity index (χ0) is 15.4. The molecule has 0 aliphatic carbocycles. The molecule has 0 spiro atoms. The molecule has 110 valence electrons. The normalized spacial score (nSPS) is 10.5. The van der Waals surface area contributed by atoms with E-state index in [4.69, 9.17) is 16.3 Å². The maximum atomic E-state index is 12.1. The first kappa shape index (κ1) is 15.2. The standard InChI is InChI=1S/C16H16ClNO3/c1-10(2)21-13-6-4-12(5-7-13)18-16(20)14-8-3-11(17)9-15(14)19/h3-10,19H,1-2H3,(H,18,20). The second kappa shape index (κ2) is 6.50. The molecule has 2 N–H and O–H groups in total. The largest absolute Gasteiger partial charge is 0.507 e. The zero-order valence-electron chi connectivity index (χ0n) is 11.8. The van der Waals surface area contributed by atoms with Crippen LogP contribution >= 0.6 is 11.6 Å². The highest BCUT2D eigenvalue weighted by Gasteiger charge is 2.11. The number of carbonyl (C=O) groups is 1. The van der Waals surface area contributed by atoms with Gasteiger partial charge >= 0.3 is 0 Å². The Morgan fingerprint density at radius 1 is 1.19 bits per heavy atom. The fourth-order valence-corrected chi connectivity index (χ4v) is 1.95.